The summed E-state index contributed by atoms with van der Waals surface area (Å²) < 4.78 is 57.1. The molecular weight excluding hydrogens is 599 g/mol. The van der Waals surface area contributed by atoms with E-state index in [0.29, 0.717) is 55.3 Å². The highest BCUT2D eigenvalue weighted by molar-refractivity contribution is 7.84. The number of benzene rings is 2. The Hall–Kier alpha value is -2.43. The molecule has 1 heterocycles. The van der Waals surface area contributed by atoms with E-state index < -0.39 is 39.4 Å². The Morgan fingerprint density at radius 1 is 1.02 bits per heavy atom. The molecule has 2 aromatic rings. The third-order valence-electron chi connectivity index (χ3n) is 8.17. The molecule has 2 aromatic carbocycles. The van der Waals surface area contributed by atoms with Crippen molar-refractivity contribution in [3.8, 4) is 0 Å². The standard InChI is InChI=1S/C32H41ClF3N3O3S/c1-20(2)16-28(37-43(42)31(3,4)5)27-17-22(32(34,35)36)8-11-29(27)38-12-14-39(15-13-38)30(41)26-19-24(40)18-25(26)21-6-9-23(33)10-7-21/h6-11,17,20,25-26,28,37H,12-16,18-19H2,1-5H3/t25-,26+,28?,43?/m1/s1. The van der Waals surface area contributed by atoms with Crippen molar-refractivity contribution in [2.45, 2.75) is 76.8 Å². The number of carbonyl (C=O) groups is 2. The number of hydrogen-bond donors (Lipinski definition) is 1. The second kappa shape index (κ2) is 13.3. The van der Waals surface area contributed by atoms with Crippen LogP contribution in [0.15, 0.2) is 42.5 Å². The van der Waals surface area contributed by atoms with Crippen LogP contribution >= 0.6 is 11.6 Å². The second-order valence-electron chi connectivity index (χ2n) is 13.0. The fourth-order valence-electron chi connectivity index (χ4n) is 5.89. The molecule has 6 nitrogen and oxygen atoms in total. The third kappa shape index (κ3) is 8.19. The van der Waals surface area contributed by atoms with Gasteiger partial charge in [0.25, 0.3) is 0 Å². The van der Waals surface area contributed by atoms with Gasteiger partial charge in [-0.25, -0.2) is 8.93 Å². The Morgan fingerprint density at radius 2 is 1.65 bits per heavy atom. The molecule has 0 aromatic heterocycles. The highest BCUT2D eigenvalue weighted by Gasteiger charge is 2.41. The number of halogens is 4. The van der Waals surface area contributed by atoms with Crippen LogP contribution in [0.25, 0.3) is 0 Å². The number of nitrogens with zero attached hydrogens (tertiary/aromatic N) is 2. The van der Waals surface area contributed by atoms with Gasteiger partial charge in [-0.15, -0.1) is 0 Å². The number of hydrogen-bond acceptors (Lipinski definition) is 4. The molecule has 1 N–H and O–H groups in total. The minimum atomic E-state index is -4.52. The van der Waals surface area contributed by atoms with Crippen LogP contribution in [0, 0.1) is 11.8 Å². The fraction of sp³-hybridized carbons (Fsp3) is 0.562. The number of anilines is 1. The summed E-state index contributed by atoms with van der Waals surface area (Å²) >= 11 is 6.04. The predicted octanol–water partition coefficient (Wildman–Crippen LogP) is 6.91. The molecule has 0 bridgehead atoms. The first-order chi connectivity index (χ1) is 20.0. The smallest absolute Gasteiger partial charge is 0.368 e. The van der Waals surface area contributed by atoms with E-state index in [4.69, 9.17) is 11.6 Å². The van der Waals surface area contributed by atoms with Gasteiger partial charge in [0, 0.05) is 61.7 Å². The minimum absolute atomic E-state index is 0.0580. The number of nitrogens with one attached hydrogen (secondary N) is 1. The zero-order valence-corrected chi connectivity index (χ0v) is 26.9. The summed E-state index contributed by atoms with van der Waals surface area (Å²) in [5.74, 6) is -0.535. The average molecular weight is 640 g/mol. The Balaban J connectivity index is 1.57. The summed E-state index contributed by atoms with van der Waals surface area (Å²) in [6.07, 6.45) is -3.52. The van der Waals surface area contributed by atoms with Gasteiger partial charge in [0.1, 0.15) is 5.78 Å². The van der Waals surface area contributed by atoms with Crippen molar-refractivity contribution in [3.05, 3.63) is 64.2 Å². The maximum Gasteiger partial charge on any atom is 0.416 e. The number of ketones is 1. The molecule has 2 aliphatic rings. The molecule has 1 amide bonds. The Morgan fingerprint density at radius 3 is 2.21 bits per heavy atom. The first-order valence-electron chi connectivity index (χ1n) is 14.7. The van der Waals surface area contributed by atoms with E-state index in [0.717, 1.165) is 11.6 Å². The molecule has 1 aliphatic heterocycles. The highest BCUT2D eigenvalue weighted by atomic mass is 35.5. The van der Waals surface area contributed by atoms with E-state index in [9.17, 15) is 27.0 Å². The van der Waals surface area contributed by atoms with Crippen molar-refractivity contribution in [2.24, 2.45) is 11.8 Å². The van der Waals surface area contributed by atoms with Gasteiger partial charge in [-0.2, -0.15) is 13.2 Å². The molecule has 1 saturated heterocycles. The number of piperazine rings is 1. The fourth-order valence-corrected chi connectivity index (χ4v) is 6.86. The van der Waals surface area contributed by atoms with Gasteiger partial charge in [-0.3, -0.25) is 9.59 Å². The van der Waals surface area contributed by atoms with E-state index in [1.54, 1.807) is 17.0 Å². The van der Waals surface area contributed by atoms with Gasteiger partial charge in [0.2, 0.25) is 5.91 Å². The van der Waals surface area contributed by atoms with Crippen LogP contribution in [0.3, 0.4) is 0 Å². The first kappa shape index (κ1) is 33.5. The lowest BCUT2D eigenvalue weighted by Crippen LogP contribution is -2.51. The van der Waals surface area contributed by atoms with Gasteiger partial charge < -0.3 is 9.80 Å². The molecule has 11 heteroatoms. The van der Waals surface area contributed by atoms with Crippen LogP contribution < -0.4 is 9.62 Å². The summed E-state index contributed by atoms with van der Waals surface area (Å²) in [4.78, 5) is 29.9. The van der Waals surface area contributed by atoms with Crippen LogP contribution in [-0.2, 0) is 26.8 Å². The maximum atomic E-state index is 13.8. The lowest BCUT2D eigenvalue weighted by Gasteiger charge is -2.39. The Bertz CT molecular complexity index is 1340. The Labute approximate surface area is 259 Å². The van der Waals surface area contributed by atoms with Crippen LogP contribution in [0.5, 0.6) is 0 Å². The molecule has 236 valence electrons. The van der Waals surface area contributed by atoms with Crippen molar-refractivity contribution in [1.29, 1.82) is 0 Å². The number of amides is 1. The maximum absolute atomic E-state index is 13.8. The average Bonchev–Trinajstić information content (AvgIpc) is 3.32. The van der Waals surface area contributed by atoms with E-state index >= 15 is 0 Å². The van der Waals surface area contributed by atoms with Crippen molar-refractivity contribution in [2.75, 3.05) is 31.1 Å². The Kier molecular flexibility index (Phi) is 10.3. The molecule has 2 fully saturated rings. The normalized spacial score (nSPS) is 21.4. The molecular formula is C32H41ClF3N3O3S. The SMILES string of the molecule is CC(C)CC(NS(=O)C(C)(C)C)c1cc(C(F)(F)F)ccc1N1CCN(C(=O)[C@H]2CC(=O)C[C@@H]2c2ccc(Cl)cc2)CC1. The number of carbonyl (C=O) groups excluding carboxylic acids is 2. The van der Waals surface area contributed by atoms with E-state index in [1.807, 2.05) is 51.7 Å². The lowest BCUT2D eigenvalue weighted by molar-refractivity contribution is -0.138. The number of rotatable bonds is 8. The van der Waals surface area contributed by atoms with Gasteiger partial charge in [-0.05, 0) is 74.6 Å². The molecule has 0 radical (unpaired) electrons. The zero-order chi connectivity index (χ0) is 31.7. The van der Waals surface area contributed by atoms with Gasteiger partial charge in [-0.1, -0.05) is 37.6 Å². The van der Waals surface area contributed by atoms with Gasteiger partial charge in [0.15, 0.2) is 0 Å². The predicted molar refractivity (Wildman–Crippen MR) is 165 cm³/mol. The van der Waals surface area contributed by atoms with Crippen molar-refractivity contribution < 1.29 is 27.0 Å². The minimum Gasteiger partial charge on any atom is -0.368 e. The number of alkyl halides is 3. The monoisotopic (exact) mass is 639 g/mol. The van der Waals surface area contributed by atoms with E-state index in [2.05, 4.69) is 4.72 Å². The van der Waals surface area contributed by atoms with Crippen molar-refractivity contribution in [3.63, 3.8) is 0 Å². The highest BCUT2D eigenvalue weighted by Crippen LogP contribution is 2.41. The number of Topliss-reactive ketones (excluding diaryl/α,β-unsaturated/α-hetero) is 1. The van der Waals surface area contributed by atoms with Crippen LogP contribution in [0.4, 0.5) is 18.9 Å². The first-order valence-corrected chi connectivity index (χ1v) is 16.3. The third-order valence-corrected chi connectivity index (χ3v) is 10.0. The zero-order valence-electron chi connectivity index (χ0n) is 25.3. The molecule has 1 aliphatic carbocycles. The summed E-state index contributed by atoms with van der Waals surface area (Å²) in [5.41, 5.74) is 1.25. The largest absolute Gasteiger partial charge is 0.416 e. The van der Waals surface area contributed by atoms with Crippen LogP contribution in [0.1, 0.15) is 82.5 Å². The van der Waals surface area contributed by atoms with Gasteiger partial charge >= 0.3 is 6.18 Å². The topological polar surface area (TPSA) is 69.7 Å². The molecule has 4 rings (SSSR count). The second-order valence-corrected chi connectivity index (χ2v) is 15.4. The summed E-state index contributed by atoms with van der Waals surface area (Å²) in [6.45, 7) is 11.0. The summed E-state index contributed by atoms with van der Waals surface area (Å²) in [6, 6.07) is 10.4. The summed E-state index contributed by atoms with van der Waals surface area (Å²) in [7, 11) is -1.50. The van der Waals surface area contributed by atoms with Crippen molar-refractivity contribution in [1.82, 2.24) is 9.62 Å². The quantitative estimate of drug-likeness (QED) is 0.341. The van der Waals surface area contributed by atoms with Crippen molar-refractivity contribution >= 4 is 40.0 Å². The molecule has 0 spiro atoms. The molecule has 1 saturated carbocycles. The lowest BCUT2D eigenvalue weighted by atomic mass is 9.88. The molecule has 4 atom stereocenters. The van der Waals surface area contributed by atoms with E-state index in [-0.39, 0.29) is 29.9 Å². The van der Waals surface area contributed by atoms with Crippen LogP contribution in [-0.4, -0.2) is 51.7 Å². The van der Waals surface area contributed by atoms with E-state index in [1.165, 1.54) is 12.1 Å². The van der Waals surface area contributed by atoms with Gasteiger partial charge in [0.05, 0.1) is 27.2 Å². The summed E-state index contributed by atoms with van der Waals surface area (Å²) in [5, 5.41) is 0.588. The molecule has 2 unspecified atom stereocenters. The van der Waals surface area contributed by atoms with Crippen LogP contribution in [0.2, 0.25) is 5.02 Å². The molecule has 43 heavy (non-hydrogen) atoms.